The molecule has 2 aromatic rings. The summed E-state index contributed by atoms with van der Waals surface area (Å²) in [7, 11) is 1.41. The highest BCUT2D eigenvalue weighted by molar-refractivity contribution is 7.13. The number of rotatable bonds is 5. The van der Waals surface area contributed by atoms with Gasteiger partial charge < -0.3 is 9.47 Å². The fourth-order valence-electron chi connectivity index (χ4n) is 2.66. The zero-order valence-corrected chi connectivity index (χ0v) is 14.2. The lowest BCUT2D eigenvalue weighted by Crippen LogP contribution is -2.37. The average molecular weight is 335 g/mol. The number of methoxy groups -OCH3 is 1. The molecule has 124 valence electrons. The van der Waals surface area contributed by atoms with Crippen LogP contribution in [0.1, 0.15) is 33.1 Å². The molecule has 23 heavy (non-hydrogen) atoms. The first-order chi connectivity index (χ1) is 11.2. The quantitative estimate of drug-likeness (QED) is 0.785. The predicted molar refractivity (Wildman–Crippen MR) is 87.5 cm³/mol. The normalized spacial score (nSPS) is 19.0. The Morgan fingerprint density at radius 1 is 1.52 bits per heavy atom. The van der Waals surface area contributed by atoms with Crippen LogP contribution in [0.5, 0.6) is 0 Å². The maximum absolute atomic E-state index is 11.5. The smallest absolute Gasteiger partial charge is 0.348 e. The number of morpholine rings is 1. The van der Waals surface area contributed by atoms with Crippen LogP contribution in [0.2, 0.25) is 0 Å². The molecule has 2 aromatic heterocycles. The zero-order chi connectivity index (χ0) is 16.2. The molecule has 1 fully saturated rings. The average Bonchev–Trinajstić information content (AvgIpc) is 3.23. The monoisotopic (exact) mass is 335 g/mol. The van der Waals surface area contributed by atoms with Crippen molar-refractivity contribution in [1.82, 2.24) is 14.7 Å². The molecule has 0 N–H and O–H groups in total. The number of aromatic nitrogens is 2. The van der Waals surface area contributed by atoms with Crippen LogP contribution in [0.15, 0.2) is 24.5 Å². The van der Waals surface area contributed by atoms with Crippen molar-refractivity contribution in [3.8, 4) is 0 Å². The number of hydrogen-bond acceptors (Lipinski definition) is 6. The first-order valence-electron chi connectivity index (χ1n) is 7.73. The van der Waals surface area contributed by atoms with Gasteiger partial charge in [0.15, 0.2) is 0 Å². The molecular weight excluding hydrogens is 314 g/mol. The minimum atomic E-state index is -0.270. The standard InChI is InChI=1S/C16H21N3O3S/c1-3-19-9-12(8-17-19)14-11-18(6-7-22-14)10-13-4-5-15(23-13)16(20)21-2/h4-5,8-9,14H,3,6-7,10-11H2,1-2H3/t14-/m1/s1. The van der Waals surface area contributed by atoms with Gasteiger partial charge in [0, 0.05) is 42.8 Å². The van der Waals surface area contributed by atoms with E-state index in [2.05, 4.69) is 23.1 Å². The van der Waals surface area contributed by atoms with E-state index in [0.717, 1.165) is 36.6 Å². The Bertz CT molecular complexity index is 667. The van der Waals surface area contributed by atoms with Crippen molar-refractivity contribution in [3.63, 3.8) is 0 Å². The number of carbonyl (C=O) groups excluding carboxylic acids is 1. The molecule has 0 saturated carbocycles. The van der Waals surface area contributed by atoms with Crippen LogP contribution in [0.3, 0.4) is 0 Å². The Labute approximate surface area is 139 Å². The highest BCUT2D eigenvalue weighted by Gasteiger charge is 2.23. The molecule has 0 aromatic carbocycles. The maximum Gasteiger partial charge on any atom is 0.348 e. The van der Waals surface area contributed by atoms with Crippen molar-refractivity contribution >= 4 is 17.3 Å². The molecule has 1 atom stereocenters. The SMILES string of the molecule is CCn1cc([C@H]2CN(Cc3ccc(C(=O)OC)s3)CCO2)cn1. The number of nitrogens with zero attached hydrogens (tertiary/aromatic N) is 3. The molecule has 0 unspecified atom stereocenters. The lowest BCUT2D eigenvalue weighted by Gasteiger charge is -2.32. The lowest BCUT2D eigenvalue weighted by atomic mass is 10.1. The topological polar surface area (TPSA) is 56.6 Å². The highest BCUT2D eigenvalue weighted by Crippen LogP contribution is 2.25. The van der Waals surface area contributed by atoms with Gasteiger partial charge in [0.2, 0.25) is 0 Å². The van der Waals surface area contributed by atoms with E-state index in [4.69, 9.17) is 9.47 Å². The van der Waals surface area contributed by atoms with E-state index in [1.807, 2.05) is 23.0 Å². The Kier molecular flexibility index (Phi) is 5.09. The fourth-order valence-corrected chi connectivity index (χ4v) is 3.63. The van der Waals surface area contributed by atoms with Gasteiger partial charge in [0.1, 0.15) is 4.88 Å². The minimum Gasteiger partial charge on any atom is -0.465 e. The van der Waals surface area contributed by atoms with Gasteiger partial charge in [-0.3, -0.25) is 9.58 Å². The van der Waals surface area contributed by atoms with E-state index in [0.29, 0.717) is 11.5 Å². The summed E-state index contributed by atoms with van der Waals surface area (Å²) in [5, 5.41) is 4.32. The summed E-state index contributed by atoms with van der Waals surface area (Å²) in [5.74, 6) is -0.270. The highest BCUT2D eigenvalue weighted by atomic mass is 32.1. The van der Waals surface area contributed by atoms with Gasteiger partial charge in [-0.1, -0.05) is 0 Å². The molecule has 1 aliphatic heterocycles. The molecule has 0 bridgehead atoms. The van der Waals surface area contributed by atoms with E-state index in [1.54, 1.807) is 0 Å². The third kappa shape index (κ3) is 3.80. The van der Waals surface area contributed by atoms with E-state index < -0.39 is 0 Å². The van der Waals surface area contributed by atoms with Crippen LogP contribution in [0.4, 0.5) is 0 Å². The van der Waals surface area contributed by atoms with Gasteiger partial charge in [0.05, 0.1) is 26.0 Å². The Morgan fingerprint density at radius 2 is 2.39 bits per heavy atom. The number of hydrogen-bond donors (Lipinski definition) is 0. The van der Waals surface area contributed by atoms with E-state index in [-0.39, 0.29) is 12.1 Å². The van der Waals surface area contributed by atoms with Crippen molar-refractivity contribution in [2.24, 2.45) is 0 Å². The molecule has 0 spiro atoms. The molecule has 7 heteroatoms. The van der Waals surface area contributed by atoms with Crippen molar-refractivity contribution < 1.29 is 14.3 Å². The second kappa shape index (κ2) is 7.25. The second-order valence-electron chi connectivity index (χ2n) is 5.48. The molecule has 1 aliphatic rings. The molecule has 3 heterocycles. The van der Waals surface area contributed by atoms with Gasteiger partial charge in [-0.15, -0.1) is 11.3 Å². The predicted octanol–water partition coefficient (Wildman–Crippen LogP) is 2.32. The number of esters is 1. The summed E-state index contributed by atoms with van der Waals surface area (Å²) in [6.45, 7) is 6.19. The minimum absolute atomic E-state index is 0.0593. The summed E-state index contributed by atoms with van der Waals surface area (Å²) in [5.41, 5.74) is 1.12. The third-order valence-corrected chi connectivity index (χ3v) is 4.98. The number of aryl methyl sites for hydroxylation is 1. The second-order valence-corrected chi connectivity index (χ2v) is 6.65. The van der Waals surface area contributed by atoms with Crippen molar-refractivity contribution in [2.45, 2.75) is 26.1 Å². The van der Waals surface area contributed by atoms with Crippen LogP contribution >= 0.6 is 11.3 Å². The number of carbonyl (C=O) groups is 1. The van der Waals surface area contributed by atoms with Crippen molar-refractivity contribution in [2.75, 3.05) is 26.8 Å². The van der Waals surface area contributed by atoms with E-state index in [9.17, 15) is 4.79 Å². The van der Waals surface area contributed by atoms with Crippen molar-refractivity contribution in [1.29, 1.82) is 0 Å². The molecule has 3 rings (SSSR count). The van der Waals surface area contributed by atoms with Crippen LogP contribution in [-0.4, -0.2) is 47.5 Å². The fraction of sp³-hybridized carbons (Fsp3) is 0.500. The summed E-state index contributed by atoms with van der Waals surface area (Å²) < 4.78 is 12.6. The molecule has 0 radical (unpaired) electrons. The Hall–Kier alpha value is -1.70. The third-order valence-electron chi connectivity index (χ3n) is 3.93. The molecule has 0 amide bonds. The van der Waals surface area contributed by atoms with Crippen LogP contribution in [-0.2, 0) is 22.6 Å². The number of thiophene rings is 1. The summed E-state index contributed by atoms with van der Waals surface area (Å²) in [6.07, 6.45) is 4.00. The van der Waals surface area contributed by atoms with Gasteiger partial charge >= 0.3 is 5.97 Å². The summed E-state index contributed by atoms with van der Waals surface area (Å²) in [4.78, 5) is 15.7. The first kappa shape index (κ1) is 16.2. The maximum atomic E-state index is 11.5. The van der Waals surface area contributed by atoms with Gasteiger partial charge in [-0.05, 0) is 19.1 Å². The Balaban J connectivity index is 1.62. The largest absolute Gasteiger partial charge is 0.465 e. The Morgan fingerprint density at radius 3 is 3.13 bits per heavy atom. The van der Waals surface area contributed by atoms with Crippen LogP contribution < -0.4 is 0 Å². The van der Waals surface area contributed by atoms with Crippen molar-refractivity contribution in [3.05, 3.63) is 39.8 Å². The summed E-state index contributed by atoms with van der Waals surface area (Å²) >= 11 is 1.49. The number of ether oxygens (including phenoxy) is 2. The molecule has 0 aliphatic carbocycles. The molecule has 6 nitrogen and oxygen atoms in total. The zero-order valence-electron chi connectivity index (χ0n) is 13.4. The van der Waals surface area contributed by atoms with Gasteiger partial charge in [-0.25, -0.2) is 4.79 Å². The lowest BCUT2D eigenvalue weighted by molar-refractivity contribution is -0.0326. The van der Waals surface area contributed by atoms with Crippen LogP contribution in [0.25, 0.3) is 0 Å². The molecular formula is C16H21N3O3S. The van der Waals surface area contributed by atoms with E-state index in [1.165, 1.54) is 18.4 Å². The summed E-state index contributed by atoms with van der Waals surface area (Å²) in [6, 6.07) is 3.82. The van der Waals surface area contributed by atoms with Gasteiger partial charge in [0.25, 0.3) is 0 Å². The first-order valence-corrected chi connectivity index (χ1v) is 8.54. The molecule has 1 saturated heterocycles. The van der Waals surface area contributed by atoms with E-state index >= 15 is 0 Å². The van der Waals surface area contributed by atoms with Gasteiger partial charge in [-0.2, -0.15) is 5.10 Å². The van der Waals surface area contributed by atoms with Crippen LogP contribution in [0, 0.1) is 0 Å².